The highest BCUT2D eigenvalue weighted by molar-refractivity contribution is 7.89. The van der Waals surface area contributed by atoms with E-state index in [4.69, 9.17) is 0 Å². The maximum Gasteiger partial charge on any atom is 0.325 e. The van der Waals surface area contributed by atoms with Crippen molar-refractivity contribution in [3.8, 4) is 0 Å². The van der Waals surface area contributed by atoms with E-state index in [9.17, 15) is 13.2 Å². The minimum Gasteiger partial charge on any atom is -0.468 e. The number of nitrogens with zero attached hydrogens (tertiary/aromatic N) is 2. The summed E-state index contributed by atoms with van der Waals surface area (Å²) in [5.41, 5.74) is 0.492. The minimum absolute atomic E-state index is 0.00582. The van der Waals surface area contributed by atoms with E-state index >= 15 is 0 Å². The summed E-state index contributed by atoms with van der Waals surface area (Å²) in [4.78, 5) is 13.5. The molecular formula is C14H22N2O4S. The predicted octanol–water partition coefficient (Wildman–Crippen LogP) is 1.32. The fourth-order valence-electron chi connectivity index (χ4n) is 1.86. The number of hydrogen-bond acceptors (Lipinski definition) is 5. The lowest BCUT2D eigenvalue weighted by atomic mass is 10.2. The normalized spacial score (nSPS) is 11.8. The molecular weight excluding hydrogens is 292 g/mol. The summed E-state index contributed by atoms with van der Waals surface area (Å²) in [7, 11) is 0.676. The van der Waals surface area contributed by atoms with Gasteiger partial charge in [0.1, 0.15) is 11.4 Å². The molecule has 0 N–H and O–H groups in total. The summed E-state index contributed by atoms with van der Waals surface area (Å²) >= 11 is 0. The first-order valence-corrected chi connectivity index (χ1v) is 8.00. The minimum atomic E-state index is -3.59. The van der Waals surface area contributed by atoms with E-state index in [2.05, 4.69) is 4.74 Å². The molecule has 0 amide bonds. The molecule has 1 rings (SSSR count). The molecule has 6 nitrogen and oxygen atoms in total. The average molecular weight is 314 g/mol. The van der Waals surface area contributed by atoms with E-state index in [1.807, 2.05) is 13.8 Å². The molecule has 0 bridgehead atoms. The van der Waals surface area contributed by atoms with Gasteiger partial charge in [-0.15, -0.1) is 0 Å². The van der Waals surface area contributed by atoms with Crippen LogP contribution in [-0.2, 0) is 19.6 Å². The van der Waals surface area contributed by atoms with Crippen LogP contribution in [-0.4, -0.2) is 52.5 Å². The van der Waals surface area contributed by atoms with Gasteiger partial charge < -0.3 is 9.64 Å². The van der Waals surface area contributed by atoms with Gasteiger partial charge >= 0.3 is 5.97 Å². The number of hydrogen-bond donors (Lipinski definition) is 0. The van der Waals surface area contributed by atoms with Crippen molar-refractivity contribution in [3.05, 3.63) is 24.3 Å². The molecule has 0 saturated heterocycles. The molecule has 0 aromatic heterocycles. The Hall–Kier alpha value is -1.60. The SMILES string of the molecule is COC(=O)CN(c1ccccc1S(=O)(=O)N(C)C)C(C)C. The number of esters is 1. The number of ether oxygens (including phenoxy) is 1. The fourth-order valence-corrected chi connectivity index (χ4v) is 2.95. The molecule has 0 radical (unpaired) electrons. The lowest BCUT2D eigenvalue weighted by Crippen LogP contribution is -2.37. The van der Waals surface area contributed by atoms with Gasteiger partial charge in [0, 0.05) is 20.1 Å². The first-order valence-electron chi connectivity index (χ1n) is 6.56. The van der Waals surface area contributed by atoms with E-state index in [0.717, 1.165) is 4.31 Å². The van der Waals surface area contributed by atoms with E-state index < -0.39 is 16.0 Å². The highest BCUT2D eigenvalue weighted by Gasteiger charge is 2.26. The second-order valence-corrected chi connectivity index (χ2v) is 7.17. The molecule has 1 aromatic carbocycles. The van der Waals surface area contributed by atoms with E-state index in [-0.39, 0.29) is 17.5 Å². The zero-order chi connectivity index (χ0) is 16.2. The molecule has 0 spiro atoms. The molecule has 0 fully saturated rings. The number of carbonyl (C=O) groups excluding carboxylic acids is 1. The summed E-state index contributed by atoms with van der Waals surface area (Å²) in [5.74, 6) is -0.416. The Kier molecular flexibility index (Phi) is 5.74. The van der Waals surface area contributed by atoms with Gasteiger partial charge in [0.25, 0.3) is 0 Å². The van der Waals surface area contributed by atoms with Gasteiger partial charge in [-0.25, -0.2) is 12.7 Å². The molecule has 0 heterocycles. The molecule has 0 saturated carbocycles. The summed E-state index contributed by atoms with van der Waals surface area (Å²) in [5, 5.41) is 0. The molecule has 0 unspecified atom stereocenters. The van der Waals surface area contributed by atoms with Crippen molar-refractivity contribution in [1.29, 1.82) is 0 Å². The Balaban J connectivity index is 3.37. The van der Waals surface area contributed by atoms with Crippen molar-refractivity contribution in [2.45, 2.75) is 24.8 Å². The number of methoxy groups -OCH3 is 1. The van der Waals surface area contributed by atoms with Crippen molar-refractivity contribution < 1.29 is 17.9 Å². The summed E-state index contributed by atoms with van der Waals surface area (Å²) < 4.78 is 30.7. The maximum atomic E-state index is 12.4. The van der Waals surface area contributed by atoms with Crippen LogP contribution in [0.4, 0.5) is 5.69 Å². The van der Waals surface area contributed by atoms with Crippen molar-refractivity contribution in [3.63, 3.8) is 0 Å². The average Bonchev–Trinajstić information content (AvgIpc) is 2.43. The Morgan fingerprint density at radius 2 is 1.81 bits per heavy atom. The standard InChI is InChI=1S/C14H22N2O4S/c1-11(2)16(10-14(17)20-5)12-8-6-7-9-13(12)21(18,19)15(3)4/h6-9,11H,10H2,1-5H3. The Morgan fingerprint density at radius 3 is 2.29 bits per heavy atom. The van der Waals surface area contributed by atoms with Gasteiger partial charge in [-0.1, -0.05) is 12.1 Å². The lowest BCUT2D eigenvalue weighted by molar-refractivity contribution is -0.139. The van der Waals surface area contributed by atoms with Crippen molar-refractivity contribution >= 4 is 21.7 Å². The van der Waals surface area contributed by atoms with Gasteiger partial charge in [0.05, 0.1) is 12.8 Å². The van der Waals surface area contributed by atoms with Crippen LogP contribution < -0.4 is 4.90 Å². The lowest BCUT2D eigenvalue weighted by Gasteiger charge is -2.30. The molecule has 0 atom stereocenters. The molecule has 1 aromatic rings. The Labute approximate surface area is 126 Å². The monoisotopic (exact) mass is 314 g/mol. The molecule has 118 valence electrons. The highest BCUT2D eigenvalue weighted by Crippen LogP contribution is 2.28. The smallest absolute Gasteiger partial charge is 0.325 e. The van der Waals surface area contributed by atoms with Gasteiger partial charge in [0.2, 0.25) is 10.0 Å². The van der Waals surface area contributed by atoms with Crippen molar-refractivity contribution in [2.24, 2.45) is 0 Å². The number of carbonyl (C=O) groups is 1. The van der Waals surface area contributed by atoms with Crippen LogP contribution in [0, 0.1) is 0 Å². The largest absolute Gasteiger partial charge is 0.468 e. The van der Waals surface area contributed by atoms with Crippen LogP contribution in [0.25, 0.3) is 0 Å². The summed E-state index contributed by atoms with van der Waals surface area (Å²) in [6.07, 6.45) is 0. The quantitative estimate of drug-likeness (QED) is 0.741. The second-order valence-electron chi connectivity index (χ2n) is 5.05. The number of benzene rings is 1. The topological polar surface area (TPSA) is 66.9 Å². The van der Waals surface area contributed by atoms with Crippen LogP contribution in [0.1, 0.15) is 13.8 Å². The van der Waals surface area contributed by atoms with E-state index in [1.54, 1.807) is 23.1 Å². The van der Waals surface area contributed by atoms with Crippen LogP contribution in [0.2, 0.25) is 0 Å². The van der Waals surface area contributed by atoms with Crippen LogP contribution in [0.15, 0.2) is 29.2 Å². The molecule has 0 aliphatic carbocycles. The number of rotatable bonds is 6. The molecule has 21 heavy (non-hydrogen) atoms. The fraction of sp³-hybridized carbons (Fsp3) is 0.500. The Morgan fingerprint density at radius 1 is 1.24 bits per heavy atom. The molecule has 7 heteroatoms. The van der Waals surface area contributed by atoms with Gasteiger partial charge in [0.15, 0.2) is 0 Å². The second kappa shape index (κ2) is 6.91. The van der Waals surface area contributed by atoms with E-state index in [1.165, 1.54) is 27.3 Å². The van der Waals surface area contributed by atoms with Gasteiger partial charge in [-0.2, -0.15) is 0 Å². The number of anilines is 1. The third-order valence-corrected chi connectivity index (χ3v) is 4.95. The molecule has 0 aliphatic rings. The maximum absolute atomic E-state index is 12.4. The van der Waals surface area contributed by atoms with Crippen LogP contribution in [0.5, 0.6) is 0 Å². The van der Waals surface area contributed by atoms with Gasteiger partial charge in [-0.05, 0) is 26.0 Å². The first-order chi connectivity index (χ1) is 9.71. The number of sulfonamides is 1. The third kappa shape index (κ3) is 3.95. The van der Waals surface area contributed by atoms with Crippen molar-refractivity contribution in [1.82, 2.24) is 4.31 Å². The zero-order valence-electron chi connectivity index (χ0n) is 13.0. The van der Waals surface area contributed by atoms with Crippen molar-refractivity contribution in [2.75, 3.05) is 32.6 Å². The third-order valence-electron chi connectivity index (χ3n) is 3.08. The summed E-state index contributed by atoms with van der Waals surface area (Å²) in [6.45, 7) is 3.78. The highest BCUT2D eigenvalue weighted by atomic mass is 32.2. The number of para-hydroxylation sites is 1. The predicted molar refractivity (Wildman–Crippen MR) is 81.8 cm³/mol. The summed E-state index contributed by atoms with van der Waals surface area (Å²) in [6, 6.07) is 6.59. The zero-order valence-corrected chi connectivity index (χ0v) is 13.8. The van der Waals surface area contributed by atoms with Gasteiger partial charge in [-0.3, -0.25) is 4.79 Å². The Bertz CT molecular complexity index is 597. The molecule has 0 aliphatic heterocycles. The first kappa shape index (κ1) is 17.5. The van der Waals surface area contributed by atoms with E-state index in [0.29, 0.717) is 5.69 Å². The van der Waals surface area contributed by atoms with Crippen LogP contribution >= 0.6 is 0 Å². The van der Waals surface area contributed by atoms with Crippen LogP contribution in [0.3, 0.4) is 0 Å².